The van der Waals surface area contributed by atoms with Crippen LogP contribution in [0.5, 0.6) is 0 Å². The third-order valence-electron chi connectivity index (χ3n) is 0.572. The second-order valence-corrected chi connectivity index (χ2v) is 6.42. The van der Waals surface area contributed by atoms with Crippen LogP contribution in [0.15, 0.2) is 0 Å². The number of nitrogens with two attached hydrogens (primary N) is 6. The van der Waals surface area contributed by atoms with Gasteiger partial charge in [-0.3, -0.25) is 0 Å². The number of thiocarbonyl (C=S) groups is 6. The molecular weight excluding hydrogens is 615 g/mol. The Labute approximate surface area is 239 Å². The van der Waals surface area contributed by atoms with E-state index in [2.05, 4.69) is 96.2 Å². The summed E-state index contributed by atoms with van der Waals surface area (Å²) < 4.78 is 0.951. The average molecular weight is 644 g/mol. The van der Waals surface area contributed by atoms with Crippen molar-refractivity contribution in [3.63, 3.8) is 0 Å². The predicted octanol–water partition coefficient (Wildman–Crippen LogP) is 1.85. The van der Waals surface area contributed by atoms with Gasteiger partial charge < -0.3 is 135 Å². The van der Waals surface area contributed by atoms with Crippen LogP contribution in [-0.4, -0.2) is 42.1 Å². The first-order chi connectivity index (χ1) is 10.3. The van der Waals surface area contributed by atoms with Gasteiger partial charge in [-0.25, -0.2) is 0 Å². The van der Waals surface area contributed by atoms with Crippen LogP contribution < -0.4 is 34.4 Å². The third kappa shape index (κ3) is 275. The molecular formula is C12H28N6S8Zn2-8. The Morgan fingerprint density at radius 2 is 0.679 bits per heavy atom. The zero-order valence-corrected chi connectivity index (χ0v) is 29.0. The van der Waals surface area contributed by atoms with Crippen molar-refractivity contribution in [3.8, 4) is 0 Å². The predicted molar refractivity (Wildman–Crippen MR) is 151 cm³/mol. The molecule has 28 heavy (non-hydrogen) atoms. The van der Waals surface area contributed by atoms with Gasteiger partial charge in [-0.15, -0.1) is 0 Å². The van der Waals surface area contributed by atoms with Crippen molar-refractivity contribution in [2.75, 3.05) is 11.5 Å². The molecule has 0 aromatic carbocycles. The summed E-state index contributed by atoms with van der Waals surface area (Å²) in [6.07, 6.45) is 0. The summed E-state index contributed by atoms with van der Waals surface area (Å²) in [7, 11) is 0. The molecule has 0 aliphatic rings. The van der Waals surface area contributed by atoms with Crippen molar-refractivity contribution in [1.29, 1.82) is 0 Å². The number of rotatable bonds is 3. The molecule has 0 spiro atoms. The van der Waals surface area contributed by atoms with Crippen molar-refractivity contribution in [2.24, 2.45) is 34.4 Å². The van der Waals surface area contributed by atoms with Crippen LogP contribution in [0.3, 0.4) is 0 Å². The molecule has 166 valence electrons. The monoisotopic (exact) mass is 640 g/mol. The van der Waals surface area contributed by atoms with Gasteiger partial charge in [0.1, 0.15) is 8.64 Å². The van der Waals surface area contributed by atoms with Crippen molar-refractivity contribution in [3.05, 3.63) is 29.7 Å². The molecule has 0 aliphatic heterocycles. The van der Waals surface area contributed by atoms with Crippen LogP contribution in [0.4, 0.5) is 0 Å². The Bertz CT molecular complexity index is 263. The number of hydrogen-bond acceptors (Lipinski definition) is 8. The van der Waals surface area contributed by atoms with E-state index in [1.165, 1.54) is 23.5 Å². The summed E-state index contributed by atoms with van der Waals surface area (Å²) in [4.78, 5) is 0. The van der Waals surface area contributed by atoms with E-state index < -0.39 is 0 Å². The topological polar surface area (TPSA) is 156 Å². The summed E-state index contributed by atoms with van der Waals surface area (Å²) in [5.74, 6) is 1.74. The molecule has 6 nitrogen and oxygen atoms in total. The van der Waals surface area contributed by atoms with Crippen molar-refractivity contribution >= 4 is 127 Å². The molecule has 16 heteroatoms. The molecule has 0 saturated heterocycles. The Morgan fingerprint density at radius 3 is 0.750 bits per heavy atom. The molecule has 0 rings (SSSR count). The largest absolute Gasteiger partial charge is 0.570 e. The smallest absolute Gasteiger partial charge is 0.131 e. The molecule has 0 amide bonds. The Hall–Kier alpha value is 1.29. The second kappa shape index (κ2) is 90.1. The minimum Gasteiger partial charge on any atom is -0.570 e. The summed E-state index contributed by atoms with van der Waals surface area (Å²) in [6.45, 7) is 0. The Morgan fingerprint density at radius 1 is 0.571 bits per heavy atom. The maximum Gasteiger partial charge on any atom is 0.131 e. The maximum absolute atomic E-state index is 5.23. The van der Waals surface area contributed by atoms with Gasteiger partial charge in [0.05, 0.1) is 0 Å². The van der Waals surface area contributed by atoms with Crippen LogP contribution >= 0.6 is 96.8 Å². The first-order valence-corrected chi connectivity index (χ1v) is 8.86. The third-order valence-corrected chi connectivity index (χ3v) is 2.92. The fourth-order valence-corrected chi connectivity index (χ4v) is 1.85. The Balaban J connectivity index is -0.0000000155. The molecule has 0 bridgehead atoms. The molecule has 0 radical (unpaired) electrons. The molecule has 0 aromatic rings. The van der Waals surface area contributed by atoms with Crippen molar-refractivity contribution in [2.45, 2.75) is 0 Å². The minimum atomic E-state index is 0. The molecule has 0 aliphatic carbocycles. The van der Waals surface area contributed by atoms with Gasteiger partial charge in [-0.2, -0.15) is 0 Å². The van der Waals surface area contributed by atoms with Gasteiger partial charge in [0.2, 0.25) is 0 Å². The summed E-state index contributed by atoms with van der Waals surface area (Å²) >= 11 is 27.9. The first kappa shape index (κ1) is 70.1. The normalized spacial score (nSPS) is 5.00. The van der Waals surface area contributed by atoms with Gasteiger partial charge in [0.25, 0.3) is 0 Å². The molecule has 12 N–H and O–H groups in total. The molecule has 0 saturated carbocycles. The van der Waals surface area contributed by atoms with Gasteiger partial charge in [0, 0.05) is 50.5 Å². The summed E-state index contributed by atoms with van der Waals surface area (Å²) in [5, 5.41) is 0. The van der Waals surface area contributed by atoms with Gasteiger partial charge in [-0.1, -0.05) is 48.0 Å². The van der Waals surface area contributed by atoms with Crippen LogP contribution in [-0.2, 0) is 39.0 Å². The van der Waals surface area contributed by atoms with E-state index in [-0.39, 0.29) is 68.7 Å². The van der Waals surface area contributed by atoms with Crippen LogP contribution in [0.25, 0.3) is 0 Å². The van der Waals surface area contributed by atoms with Gasteiger partial charge in [-0.05, 0) is 0 Å². The van der Waals surface area contributed by atoms with Crippen molar-refractivity contribution < 1.29 is 39.0 Å². The van der Waals surface area contributed by atoms with E-state index in [1.807, 2.05) is 22.0 Å². The average Bonchev–Trinajstić information content (AvgIpc) is 2.38. The summed E-state index contributed by atoms with van der Waals surface area (Å²) in [5.41, 5.74) is 35.4. The molecule has 0 atom stereocenters. The molecule has 0 unspecified atom stereocenters. The van der Waals surface area contributed by atoms with Crippen molar-refractivity contribution in [1.82, 2.24) is 0 Å². The summed E-state index contributed by atoms with van der Waals surface area (Å²) in [6, 6.07) is 0. The van der Waals surface area contributed by atoms with E-state index >= 15 is 0 Å². The standard InChI is InChI=1S/C4H8N2S4.4CH2NS.4CH3.2Zn/c5-3(7)9-1-2-10-4(6)8;4*2-1-3;;;;;;/h1-2H2,(H2,5,7)(H2,6,8);4*(H2,2,3);4*1H3;;/q;8*-1;;. The van der Waals surface area contributed by atoms with E-state index in [0.29, 0.717) is 8.64 Å². The zero-order chi connectivity index (χ0) is 18.8. The fourth-order valence-electron chi connectivity index (χ4n) is 0.285. The SMILES string of the molecule is NC(=S)SCCSC(N)=S.N[C-]=S.N[C-]=S.N[C-]=S.N[C-]=S.[CH3-].[CH3-].[CH3-].[CH3-].[Zn].[Zn]. The zero-order valence-electron chi connectivity index (χ0n) is 16.6. The van der Waals surface area contributed by atoms with E-state index in [4.69, 9.17) is 11.5 Å². The van der Waals surface area contributed by atoms with Crippen LogP contribution in [0, 0.1) is 29.7 Å². The quantitative estimate of drug-likeness (QED) is 0.0871. The number of thioether (sulfide) groups is 2. The molecule has 0 heterocycles. The van der Waals surface area contributed by atoms with E-state index in [9.17, 15) is 0 Å². The number of hydrogen-bond donors (Lipinski definition) is 6. The van der Waals surface area contributed by atoms with E-state index in [1.54, 1.807) is 0 Å². The Kier molecular flexibility index (Phi) is 226. The molecule has 0 aromatic heterocycles. The first-order valence-electron chi connectivity index (χ1n) is 4.44. The van der Waals surface area contributed by atoms with Gasteiger partial charge >= 0.3 is 0 Å². The second-order valence-electron chi connectivity index (χ2n) is 1.81. The van der Waals surface area contributed by atoms with Gasteiger partial charge in [0.15, 0.2) is 0 Å². The fraction of sp³-hybridized carbons (Fsp3) is 0.167. The van der Waals surface area contributed by atoms with E-state index in [0.717, 1.165) is 11.5 Å². The van der Waals surface area contributed by atoms with Crippen LogP contribution in [0.1, 0.15) is 0 Å². The van der Waals surface area contributed by atoms with Crippen LogP contribution in [0.2, 0.25) is 0 Å². The molecule has 0 fully saturated rings. The maximum atomic E-state index is 5.23. The minimum absolute atomic E-state index is 0.